The number of rotatable bonds is 3. The zero-order valence-electron chi connectivity index (χ0n) is 11.7. The Bertz CT molecular complexity index is 437. The minimum absolute atomic E-state index is 0.106. The zero-order valence-corrected chi connectivity index (χ0v) is 11.7. The lowest BCUT2D eigenvalue weighted by Crippen LogP contribution is -2.32. The molecule has 1 aliphatic carbocycles. The number of anilines is 2. The molecule has 2 rings (SSSR count). The van der Waals surface area contributed by atoms with E-state index in [2.05, 4.69) is 5.32 Å². The predicted octanol–water partition coefficient (Wildman–Crippen LogP) is 2.21. The summed E-state index contributed by atoms with van der Waals surface area (Å²) < 4.78 is 0. The van der Waals surface area contributed by atoms with Crippen molar-refractivity contribution in [2.75, 3.05) is 24.3 Å². The SMILES string of the molecule is CN(C)c1ccccc1NC(=O)C1CCC(N)CC1. The third-order valence-electron chi connectivity index (χ3n) is 3.79. The average Bonchev–Trinajstić information content (AvgIpc) is 2.39. The fraction of sp³-hybridized carbons (Fsp3) is 0.533. The summed E-state index contributed by atoms with van der Waals surface area (Å²) in [5.74, 6) is 0.233. The highest BCUT2D eigenvalue weighted by atomic mass is 16.1. The van der Waals surface area contributed by atoms with E-state index in [0.29, 0.717) is 0 Å². The second-order valence-corrected chi connectivity index (χ2v) is 5.51. The van der Waals surface area contributed by atoms with Crippen LogP contribution in [0.3, 0.4) is 0 Å². The van der Waals surface area contributed by atoms with E-state index in [9.17, 15) is 4.79 Å². The van der Waals surface area contributed by atoms with E-state index in [0.717, 1.165) is 37.1 Å². The second-order valence-electron chi connectivity index (χ2n) is 5.51. The Balaban J connectivity index is 2.03. The molecule has 0 aliphatic heterocycles. The molecule has 0 radical (unpaired) electrons. The van der Waals surface area contributed by atoms with E-state index in [-0.39, 0.29) is 17.9 Å². The van der Waals surface area contributed by atoms with Gasteiger partial charge in [0.2, 0.25) is 5.91 Å². The van der Waals surface area contributed by atoms with Crippen molar-refractivity contribution in [1.29, 1.82) is 0 Å². The number of hydrogen-bond acceptors (Lipinski definition) is 3. The monoisotopic (exact) mass is 261 g/mol. The molecule has 1 aromatic rings. The van der Waals surface area contributed by atoms with Gasteiger partial charge in [-0.1, -0.05) is 12.1 Å². The van der Waals surface area contributed by atoms with Crippen molar-refractivity contribution in [1.82, 2.24) is 0 Å². The molecule has 0 heterocycles. The molecule has 0 atom stereocenters. The van der Waals surface area contributed by atoms with E-state index in [1.54, 1.807) is 0 Å². The van der Waals surface area contributed by atoms with Gasteiger partial charge in [-0.05, 0) is 37.8 Å². The van der Waals surface area contributed by atoms with E-state index in [1.165, 1.54) is 0 Å². The van der Waals surface area contributed by atoms with Gasteiger partial charge in [0.05, 0.1) is 11.4 Å². The minimum Gasteiger partial charge on any atom is -0.376 e. The molecular formula is C15H23N3O. The van der Waals surface area contributed by atoms with Crippen LogP contribution in [0, 0.1) is 5.92 Å². The topological polar surface area (TPSA) is 58.4 Å². The van der Waals surface area contributed by atoms with Gasteiger partial charge in [0.15, 0.2) is 0 Å². The lowest BCUT2D eigenvalue weighted by molar-refractivity contribution is -0.120. The summed E-state index contributed by atoms with van der Waals surface area (Å²) in [5, 5.41) is 3.05. The van der Waals surface area contributed by atoms with E-state index < -0.39 is 0 Å². The van der Waals surface area contributed by atoms with Gasteiger partial charge in [-0.15, -0.1) is 0 Å². The van der Waals surface area contributed by atoms with E-state index >= 15 is 0 Å². The first-order valence-electron chi connectivity index (χ1n) is 6.90. The Morgan fingerprint density at radius 3 is 2.47 bits per heavy atom. The molecule has 3 N–H and O–H groups in total. The summed E-state index contributed by atoms with van der Waals surface area (Å²) >= 11 is 0. The molecule has 4 nitrogen and oxygen atoms in total. The Morgan fingerprint density at radius 2 is 1.84 bits per heavy atom. The van der Waals surface area contributed by atoms with E-state index in [1.807, 2.05) is 43.3 Å². The summed E-state index contributed by atoms with van der Waals surface area (Å²) in [4.78, 5) is 14.3. The molecule has 1 saturated carbocycles. The van der Waals surface area contributed by atoms with Crippen LogP contribution in [0.4, 0.5) is 11.4 Å². The van der Waals surface area contributed by atoms with Crippen molar-refractivity contribution in [3.05, 3.63) is 24.3 Å². The van der Waals surface area contributed by atoms with Gasteiger partial charge in [-0.25, -0.2) is 0 Å². The molecule has 1 fully saturated rings. The predicted molar refractivity (Wildman–Crippen MR) is 79.3 cm³/mol. The van der Waals surface area contributed by atoms with Crippen molar-refractivity contribution < 1.29 is 4.79 Å². The van der Waals surface area contributed by atoms with Gasteiger partial charge in [-0.3, -0.25) is 4.79 Å². The van der Waals surface area contributed by atoms with Crippen molar-refractivity contribution in [3.63, 3.8) is 0 Å². The molecule has 4 heteroatoms. The molecule has 0 saturated heterocycles. The van der Waals surface area contributed by atoms with Crippen LogP contribution in [0.1, 0.15) is 25.7 Å². The van der Waals surface area contributed by atoms with Gasteiger partial charge >= 0.3 is 0 Å². The van der Waals surface area contributed by atoms with Crippen LogP contribution in [0.15, 0.2) is 24.3 Å². The van der Waals surface area contributed by atoms with Crippen molar-refractivity contribution in [2.24, 2.45) is 11.7 Å². The van der Waals surface area contributed by atoms with Crippen LogP contribution in [-0.2, 0) is 4.79 Å². The molecule has 0 spiro atoms. The third kappa shape index (κ3) is 3.47. The molecule has 19 heavy (non-hydrogen) atoms. The summed E-state index contributed by atoms with van der Waals surface area (Å²) in [6.45, 7) is 0. The molecule has 0 unspecified atom stereocenters. The second kappa shape index (κ2) is 6.06. The Labute approximate surface area is 115 Å². The number of para-hydroxylation sites is 2. The van der Waals surface area contributed by atoms with Crippen LogP contribution in [-0.4, -0.2) is 26.0 Å². The van der Waals surface area contributed by atoms with Crippen LogP contribution in [0.25, 0.3) is 0 Å². The molecule has 104 valence electrons. The fourth-order valence-corrected chi connectivity index (χ4v) is 2.59. The van der Waals surface area contributed by atoms with Gasteiger partial charge in [-0.2, -0.15) is 0 Å². The third-order valence-corrected chi connectivity index (χ3v) is 3.79. The summed E-state index contributed by atoms with van der Waals surface area (Å²) in [6, 6.07) is 8.15. The number of benzene rings is 1. The first-order chi connectivity index (χ1) is 9.08. The van der Waals surface area contributed by atoms with Gasteiger partial charge in [0, 0.05) is 26.1 Å². The molecule has 0 bridgehead atoms. The van der Waals surface area contributed by atoms with Gasteiger partial charge < -0.3 is 16.0 Å². The standard InChI is InChI=1S/C15H23N3O/c1-18(2)14-6-4-3-5-13(14)17-15(19)11-7-9-12(16)10-8-11/h3-6,11-12H,7-10,16H2,1-2H3,(H,17,19). The minimum atomic E-state index is 0.106. The first-order valence-corrected chi connectivity index (χ1v) is 6.90. The Morgan fingerprint density at radius 1 is 1.21 bits per heavy atom. The smallest absolute Gasteiger partial charge is 0.227 e. The lowest BCUT2D eigenvalue weighted by Gasteiger charge is -2.26. The van der Waals surface area contributed by atoms with Crippen LogP contribution in [0.2, 0.25) is 0 Å². The van der Waals surface area contributed by atoms with Gasteiger partial charge in [0.1, 0.15) is 0 Å². The number of hydrogen-bond donors (Lipinski definition) is 2. The largest absolute Gasteiger partial charge is 0.376 e. The highest BCUT2D eigenvalue weighted by molar-refractivity contribution is 5.95. The molecule has 1 aromatic carbocycles. The summed E-state index contributed by atoms with van der Waals surface area (Å²) in [7, 11) is 3.95. The quantitative estimate of drug-likeness (QED) is 0.877. The first kappa shape index (κ1) is 13.9. The molecule has 1 aliphatic rings. The number of nitrogens with two attached hydrogens (primary N) is 1. The number of amides is 1. The maximum atomic E-state index is 12.3. The molecular weight excluding hydrogens is 238 g/mol. The highest BCUT2D eigenvalue weighted by Crippen LogP contribution is 2.27. The van der Waals surface area contributed by atoms with Crippen molar-refractivity contribution in [3.8, 4) is 0 Å². The summed E-state index contributed by atoms with van der Waals surface area (Å²) in [5.41, 5.74) is 7.79. The van der Waals surface area contributed by atoms with Gasteiger partial charge in [0.25, 0.3) is 0 Å². The Kier molecular flexibility index (Phi) is 4.43. The maximum Gasteiger partial charge on any atom is 0.227 e. The van der Waals surface area contributed by atoms with Crippen LogP contribution in [0.5, 0.6) is 0 Å². The number of carbonyl (C=O) groups excluding carboxylic acids is 1. The van der Waals surface area contributed by atoms with E-state index in [4.69, 9.17) is 5.73 Å². The average molecular weight is 261 g/mol. The van der Waals surface area contributed by atoms with Crippen LogP contribution < -0.4 is 16.0 Å². The number of nitrogens with zero attached hydrogens (tertiary/aromatic N) is 1. The van der Waals surface area contributed by atoms with Crippen LogP contribution >= 0.6 is 0 Å². The number of nitrogens with one attached hydrogen (secondary N) is 1. The van der Waals surface area contributed by atoms with Crippen molar-refractivity contribution in [2.45, 2.75) is 31.7 Å². The Hall–Kier alpha value is -1.55. The summed E-state index contributed by atoms with van der Waals surface area (Å²) in [6.07, 6.45) is 3.70. The number of carbonyl (C=O) groups is 1. The lowest BCUT2D eigenvalue weighted by atomic mass is 9.86. The van der Waals surface area contributed by atoms with Crippen molar-refractivity contribution >= 4 is 17.3 Å². The molecule has 0 aromatic heterocycles. The fourth-order valence-electron chi connectivity index (χ4n) is 2.59. The highest BCUT2D eigenvalue weighted by Gasteiger charge is 2.25. The maximum absolute atomic E-state index is 12.3. The normalized spacial score (nSPS) is 22.9. The molecule has 1 amide bonds. The zero-order chi connectivity index (χ0) is 13.8.